The van der Waals surface area contributed by atoms with Gasteiger partial charge >= 0.3 is 0 Å². The SMILES string of the molecule is COc1ccc(Cl)cc1C(O)=C1C(=O)C(=O)N(Cc2cccnc2)[C@@H]1c1ccccn1. The molecule has 1 saturated heterocycles. The monoisotopic (exact) mass is 435 g/mol. The highest BCUT2D eigenvalue weighted by molar-refractivity contribution is 6.46. The predicted molar refractivity (Wildman–Crippen MR) is 114 cm³/mol. The van der Waals surface area contributed by atoms with E-state index in [-0.39, 0.29) is 23.4 Å². The molecule has 3 aromatic rings. The molecule has 4 rings (SSSR count). The van der Waals surface area contributed by atoms with Crippen LogP contribution in [-0.2, 0) is 16.1 Å². The lowest BCUT2D eigenvalue weighted by Crippen LogP contribution is -2.29. The van der Waals surface area contributed by atoms with Gasteiger partial charge < -0.3 is 14.7 Å². The third-order valence-electron chi connectivity index (χ3n) is 5.00. The molecule has 1 amide bonds. The zero-order valence-corrected chi connectivity index (χ0v) is 17.3. The maximum atomic E-state index is 13.1. The lowest BCUT2D eigenvalue weighted by molar-refractivity contribution is -0.140. The average Bonchev–Trinajstić information content (AvgIpc) is 3.04. The molecular weight excluding hydrogens is 418 g/mol. The fourth-order valence-corrected chi connectivity index (χ4v) is 3.76. The highest BCUT2D eigenvalue weighted by Crippen LogP contribution is 2.41. The number of pyridine rings is 2. The molecule has 1 N–H and O–H groups in total. The number of benzene rings is 1. The third kappa shape index (κ3) is 3.87. The molecule has 0 aliphatic carbocycles. The first-order valence-corrected chi connectivity index (χ1v) is 9.81. The van der Waals surface area contributed by atoms with E-state index in [0.717, 1.165) is 5.56 Å². The minimum Gasteiger partial charge on any atom is -0.507 e. The molecule has 7 nitrogen and oxygen atoms in total. The number of likely N-dealkylation sites (tertiary alicyclic amines) is 1. The number of carbonyl (C=O) groups excluding carboxylic acids is 2. The number of nitrogens with zero attached hydrogens (tertiary/aromatic N) is 3. The van der Waals surface area contributed by atoms with Crippen LogP contribution >= 0.6 is 11.6 Å². The van der Waals surface area contributed by atoms with Gasteiger partial charge in [-0.1, -0.05) is 23.7 Å². The van der Waals surface area contributed by atoms with E-state index < -0.39 is 17.7 Å². The number of carbonyl (C=O) groups is 2. The molecule has 1 fully saturated rings. The highest BCUT2D eigenvalue weighted by Gasteiger charge is 2.47. The molecule has 0 bridgehead atoms. The summed E-state index contributed by atoms with van der Waals surface area (Å²) in [5.41, 5.74) is 1.34. The number of ether oxygens (including phenoxy) is 1. The van der Waals surface area contributed by atoms with Crippen LogP contribution in [0.15, 0.2) is 72.7 Å². The van der Waals surface area contributed by atoms with Crippen LogP contribution in [0.4, 0.5) is 0 Å². The molecule has 1 aliphatic heterocycles. The van der Waals surface area contributed by atoms with Crippen molar-refractivity contribution in [1.29, 1.82) is 0 Å². The van der Waals surface area contributed by atoms with Gasteiger partial charge in [-0.25, -0.2) is 0 Å². The van der Waals surface area contributed by atoms with Gasteiger partial charge in [-0.2, -0.15) is 0 Å². The molecule has 0 spiro atoms. The molecule has 3 heterocycles. The maximum absolute atomic E-state index is 13.1. The number of hydrogen-bond donors (Lipinski definition) is 1. The van der Waals surface area contributed by atoms with E-state index >= 15 is 0 Å². The minimum atomic E-state index is -0.884. The Morgan fingerprint density at radius 1 is 1.16 bits per heavy atom. The van der Waals surface area contributed by atoms with E-state index in [0.29, 0.717) is 16.5 Å². The van der Waals surface area contributed by atoms with Crippen molar-refractivity contribution >= 4 is 29.1 Å². The number of methoxy groups -OCH3 is 1. The van der Waals surface area contributed by atoms with E-state index in [1.807, 2.05) is 6.07 Å². The molecule has 2 aromatic heterocycles. The number of aliphatic hydroxyl groups excluding tert-OH is 1. The summed E-state index contributed by atoms with van der Waals surface area (Å²) in [5, 5.41) is 11.5. The number of hydrogen-bond acceptors (Lipinski definition) is 6. The average molecular weight is 436 g/mol. The molecule has 0 saturated carbocycles. The summed E-state index contributed by atoms with van der Waals surface area (Å²) >= 11 is 6.11. The summed E-state index contributed by atoms with van der Waals surface area (Å²) < 4.78 is 5.32. The largest absolute Gasteiger partial charge is 0.507 e. The number of aliphatic hydroxyl groups is 1. The molecule has 0 radical (unpaired) electrons. The van der Waals surface area contributed by atoms with Crippen molar-refractivity contribution in [1.82, 2.24) is 14.9 Å². The van der Waals surface area contributed by atoms with Crippen molar-refractivity contribution in [3.63, 3.8) is 0 Å². The van der Waals surface area contributed by atoms with Gasteiger partial charge in [0.1, 0.15) is 17.6 Å². The summed E-state index contributed by atoms with van der Waals surface area (Å²) in [4.78, 5) is 35.8. The first kappa shape index (κ1) is 20.6. The van der Waals surface area contributed by atoms with Crippen LogP contribution in [0.2, 0.25) is 5.02 Å². The van der Waals surface area contributed by atoms with Crippen LogP contribution in [0.25, 0.3) is 5.76 Å². The van der Waals surface area contributed by atoms with E-state index in [4.69, 9.17) is 16.3 Å². The molecule has 1 aliphatic rings. The fourth-order valence-electron chi connectivity index (χ4n) is 3.59. The highest BCUT2D eigenvalue weighted by atomic mass is 35.5. The first-order valence-electron chi connectivity index (χ1n) is 9.43. The molecule has 1 atom stereocenters. The van der Waals surface area contributed by atoms with E-state index in [1.165, 1.54) is 18.1 Å². The first-order chi connectivity index (χ1) is 15.0. The quantitative estimate of drug-likeness (QED) is 0.372. The summed E-state index contributed by atoms with van der Waals surface area (Å²) in [7, 11) is 1.44. The lowest BCUT2D eigenvalue weighted by Gasteiger charge is -2.24. The second-order valence-corrected chi connectivity index (χ2v) is 7.32. The van der Waals surface area contributed by atoms with Crippen LogP contribution in [0.5, 0.6) is 5.75 Å². The molecule has 8 heteroatoms. The van der Waals surface area contributed by atoms with Crippen LogP contribution in [0.3, 0.4) is 0 Å². The molecule has 156 valence electrons. The zero-order chi connectivity index (χ0) is 22.0. The van der Waals surface area contributed by atoms with Crippen LogP contribution in [0, 0.1) is 0 Å². The lowest BCUT2D eigenvalue weighted by atomic mass is 9.97. The second-order valence-electron chi connectivity index (χ2n) is 6.89. The summed E-state index contributed by atoms with van der Waals surface area (Å²) in [6.45, 7) is 0.128. The Morgan fingerprint density at radius 3 is 2.68 bits per heavy atom. The van der Waals surface area contributed by atoms with Crippen molar-refractivity contribution in [2.75, 3.05) is 7.11 Å². The van der Waals surface area contributed by atoms with E-state index in [1.54, 1.807) is 55.0 Å². The number of Topliss-reactive ketones (excluding diaryl/α,β-unsaturated/α-hetero) is 1. The Balaban J connectivity index is 1.90. The van der Waals surface area contributed by atoms with Gasteiger partial charge in [0.2, 0.25) is 0 Å². The Kier molecular flexibility index (Phi) is 5.68. The molecule has 1 aromatic carbocycles. The van der Waals surface area contributed by atoms with Gasteiger partial charge in [0, 0.05) is 30.2 Å². The van der Waals surface area contributed by atoms with Gasteiger partial charge in [-0.05, 0) is 42.0 Å². The number of ketones is 1. The molecular formula is C23H18ClN3O4. The van der Waals surface area contributed by atoms with Crippen LogP contribution in [-0.4, -0.2) is 38.8 Å². The summed E-state index contributed by atoms with van der Waals surface area (Å²) in [6.07, 6.45) is 4.81. The van der Waals surface area contributed by atoms with E-state index in [9.17, 15) is 14.7 Å². The van der Waals surface area contributed by atoms with Crippen LogP contribution in [0.1, 0.15) is 22.9 Å². The van der Waals surface area contributed by atoms with Crippen molar-refractivity contribution < 1.29 is 19.4 Å². The third-order valence-corrected chi connectivity index (χ3v) is 5.24. The minimum absolute atomic E-state index is 0.0758. The van der Waals surface area contributed by atoms with E-state index in [2.05, 4.69) is 9.97 Å². The van der Waals surface area contributed by atoms with Crippen molar-refractivity contribution in [2.45, 2.75) is 12.6 Å². The van der Waals surface area contributed by atoms with Crippen molar-refractivity contribution in [3.8, 4) is 5.75 Å². The molecule has 31 heavy (non-hydrogen) atoms. The predicted octanol–water partition coefficient (Wildman–Crippen LogP) is 3.76. The fraction of sp³-hybridized carbons (Fsp3) is 0.130. The number of aromatic nitrogens is 2. The maximum Gasteiger partial charge on any atom is 0.296 e. The summed E-state index contributed by atoms with van der Waals surface area (Å²) in [6, 6.07) is 12.5. The van der Waals surface area contributed by atoms with Gasteiger partial charge in [-0.15, -0.1) is 0 Å². The Bertz CT molecular complexity index is 1170. The van der Waals surface area contributed by atoms with Gasteiger partial charge in [0.25, 0.3) is 11.7 Å². The number of halogens is 1. The normalized spacial score (nSPS) is 17.7. The zero-order valence-electron chi connectivity index (χ0n) is 16.5. The topological polar surface area (TPSA) is 92.6 Å². The van der Waals surface area contributed by atoms with Gasteiger partial charge in [-0.3, -0.25) is 19.6 Å². The Hall–Kier alpha value is -3.71. The van der Waals surface area contributed by atoms with Crippen molar-refractivity contribution in [3.05, 3.63) is 94.5 Å². The number of rotatable bonds is 5. The van der Waals surface area contributed by atoms with Gasteiger partial charge in [0.15, 0.2) is 0 Å². The Labute approximate surface area is 183 Å². The van der Waals surface area contributed by atoms with Crippen molar-refractivity contribution in [2.24, 2.45) is 0 Å². The standard InChI is InChI=1S/C23H18ClN3O4/c1-31-18-8-7-15(24)11-16(18)21(28)19-20(17-6-2-3-10-26-17)27(23(30)22(19)29)13-14-5-4-9-25-12-14/h2-12,20,28H,13H2,1H3/t20-/m1/s1. The smallest absolute Gasteiger partial charge is 0.296 e. The number of amides is 1. The summed E-state index contributed by atoms with van der Waals surface area (Å²) in [5.74, 6) is -1.59. The Morgan fingerprint density at radius 2 is 2.00 bits per heavy atom. The van der Waals surface area contributed by atoms with Gasteiger partial charge in [0.05, 0.1) is 23.9 Å². The second kappa shape index (κ2) is 8.57. The van der Waals surface area contributed by atoms with Crippen LogP contribution < -0.4 is 4.74 Å². The molecule has 0 unspecified atom stereocenters.